The van der Waals surface area contributed by atoms with Crippen LogP contribution >= 0.6 is 0 Å². The standard InChI is InChI=1S/C37H73NO3/c1-5-8-10-12-14-16-18-20-22-24-26-28-30-32-35(39)37(4,38(41)34-7-3)36(40)33-31-29-27-25-23-21-19-17-15-13-11-9-6-2/h41H,5-34H2,1-4H3. The van der Waals surface area contributed by atoms with E-state index in [2.05, 4.69) is 13.8 Å². The van der Waals surface area contributed by atoms with Gasteiger partial charge in [0.15, 0.2) is 17.1 Å². The van der Waals surface area contributed by atoms with Crippen molar-refractivity contribution in [3.63, 3.8) is 0 Å². The van der Waals surface area contributed by atoms with E-state index in [4.69, 9.17) is 0 Å². The first-order valence-electron chi connectivity index (χ1n) is 18.5. The summed E-state index contributed by atoms with van der Waals surface area (Å²) in [5, 5.41) is 11.8. The predicted octanol–water partition coefficient (Wildman–Crippen LogP) is 11.9. The number of nitrogens with zero attached hydrogens (tertiary/aromatic N) is 1. The first kappa shape index (κ1) is 40.3. The lowest BCUT2D eigenvalue weighted by molar-refractivity contribution is -0.184. The van der Waals surface area contributed by atoms with Crippen molar-refractivity contribution in [3.8, 4) is 0 Å². The summed E-state index contributed by atoms with van der Waals surface area (Å²) in [5.74, 6) is -0.201. The normalized spacial score (nSPS) is 12.0. The van der Waals surface area contributed by atoms with E-state index in [0.717, 1.165) is 43.6 Å². The molecule has 0 aliphatic rings. The van der Waals surface area contributed by atoms with Crippen molar-refractivity contribution in [2.24, 2.45) is 0 Å². The molecule has 0 spiro atoms. The number of rotatable bonds is 33. The van der Waals surface area contributed by atoms with E-state index in [1.54, 1.807) is 6.92 Å². The molecule has 4 nitrogen and oxygen atoms in total. The molecule has 0 aliphatic carbocycles. The van der Waals surface area contributed by atoms with Crippen molar-refractivity contribution < 1.29 is 14.8 Å². The molecule has 0 aromatic rings. The first-order chi connectivity index (χ1) is 19.9. The Balaban J connectivity index is 4.10. The van der Waals surface area contributed by atoms with Crippen LogP contribution in [0.4, 0.5) is 0 Å². The lowest BCUT2D eigenvalue weighted by Crippen LogP contribution is -2.57. The Kier molecular flexibility index (Phi) is 28.8. The van der Waals surface area contributed by atoms with Crippen molar-refractivity contribution in [1.82, 2.24) is 5.06 Å². The molecular weight excluding hydrogens is 506 g/mol. The summed E-state index contributed by atoms with van der Waals surface area (Å²) in [6.07, 6.45) is 34.4. The molecule has 0 aromatic heterocycles. The van der Waals surface area contributed by atoms with E-state index in [0.29, 0.717) is 25.8 Å². The summed E-state index contributed by atoms with van der Waals surface area (Å²) in [4.78, 5) is 26.5. The molecule has 0 fully saturated rings. The van der Waals surface area contributed by atoms with Crippen LogP contribution in [0.5, 0.6) is 0 Å². The third-order valence-electron chi connectivity index (χ3n) is 9.05. The van der Waals surface area contributed by atoms with Gasteiger partial charge >= 0.3 is 0 Å². The average molecular weight is 580 g/mol. The van der Waals surface area contributed by atoms with E-state index in [1.807, 2.05) is 6.92 Å². The maximum atomic E-state index is 13.2. The van der Waals surface area contributed by atoms with Gasteiger partial charge in [0.2, 0.25) is 0 Å². The number of Topliss-reactive ketones (excluding diaryl/α,β-unsaturated/α-hetero) is 2. The second kappa shape index (κ2) is 29.3. The average Bonchev–Trinajstić information content (AvgIpc) is 2.97. The minimum Gasteiger partial charge on any atom is -0.313 e. The van der Waals surface area contributed by atoms with Crippen LogP contribution in [0, 0.1) is 0 Å². The minimum absolute atomic E-state index is 0.101. The van der Waals surface area contributed by atoms with Crippen LogP contribution in [0.15, 0.2) is 0 Å². The van der Waals surface area contributed by atoms with Crippen molar-refractivity contribution in [3.05, 3.63) is 0 Å². The van der Waals surface area contributed by atoms with Crippen LogP contribution in [-0.4, -0.2) is 33.9 Å². The SMILES string of the molecule is CCCCCCCCCCCCCCCC(=O)C(C)(C(=O)CCCCCCCCCCCCCCC)N(O)CCC. The molecule has 244 valence electrons. The Morgan fingerprint density at radius 2 is 0.683 bits per heavy atom. The van der Waals surface area contributed by atoms with Crippen molar-refractivity contribution in [2.45, 2.75) is 219 Å². The van der Waals surface area contributed by atoms with Gasteiger partial charge in [-0.2, -0.15) is 5.06 Å². The van der Waals surface area contributed by atoms with E-state index in [9.17, 15) is 14.8 Å². The molecule has 4 heteroatoms. The van der Waals surface area contributed by atoms with Crippen LogP contribution in [0.3, 0.4) is 0 Å². The Labute approximate surface area is 257 Å². The second-order valence-corrected chi connectivity index (χ2v) is 13.0. The zero-order valence-corrected chi connectivity index (χ0v) is 28.4. The van der Waals surface area contributed by atoms with Gasteiger partial charge in [-0.1, -0.05) is 175 Å². The van der Waals surface area contributed by atoms with Gasteiger partial charge in [-0.05, 0) is 26.2 Å². The maximum Gasteiger partial charge on any atom is 0.162 e. The molecule has 0 bridgehead atoms. The van der Waals surface area contributed by atoms with Crippen LogP contribution in [0.1, 0.15) is 214 Å². The summed E-state index contributed by atoms with van der Waals surface area (Å²) in [5.41, 5.74) is -1.38. The fourth-order valence-corrected chi connectivity index (χ4v) is 5.97. The van der Waals surface area contributed by atoms with E-state index in [-0.39, 0.29) is 11.6 Å². The van der Waals surface area contributed by atoms with Gasteiger partial charge in [-0.25, -0.2) is 0 Å². The quantitative estimate of drug-likeness (QED) is 0.0477. The fraction of sp³-hybridized carbons (Fsp3) is 0.946. The lowest BCUT2D eigenvalue weighted by Gasteiger charge is -2.34. The number of carbonyl (C=O) groups excluding carboxylic acids is 2. The van der Waals surface area contributed by atoms with Crippen LogP contribution in [-0.2, 0) is 9.59 Å². The smallest absolute Gasteiger partial charge is 0.162 e. The van der Waals surface area contributed by atoms with Gasteiger partial charge in [0.05, 0.1) is 0 Å². The molecular formula is C37H73NO3. The minimum atomic E-state index is -1.38. The number of carbonyl (C=O) groups is 2. The summed E-state index contributed by atoms with van der Waals surface area (Å²) in [6.45, 7) is 8.52. The molecule has 0 aromatic carbocycles. The largest absolute Gasteiger partial charge is 0.313 e. The van der Waals surface area contributed by atoms with Crippen LogP contribution in [0.2, 0.25) is 0 Å². The Bertz CT molecular complexity index is 549. The highest BCUT2D eigenvalue weighted by Gasteiger charge is 2.44. The fourth-order valence-electron chi connectivity index (χ4n) is 5.97. The summed E-state index contributed by atoms with van der Waals surface area (Å²) >= 11 is 0. The highest BCUT2D eigenvalue weighted by molar-refractivity contribution is 6.10. The van der Waals surface area contributed by atoms with Gasteiger partial charge in [-0.15, -0.1) is 0 Å². The summed E-state index contributed by atoms with van der Waals surface area (Å²) in [7, 11) is 0. The molecule has 0 heterocycles. The molecule has 0 saturated carbocycles. The van der Waals surface area contributed by atoms with Crippen LogP contribution < -0.4 is 0 Å². The molecule has 41 heavy (non-hydrogen) atoms. The molecule has 0 rings (SSSR count). The lowest BCUT2D eigenvalue weighted by atomic mass is 9.85. The van der Waals surface area contributed by atoms with Gasteiger partial charge in [0.1, 0.15) is 0 Å². The molecule has 0 radical (unpaired) electrons. The van der Waals surface area contributed by atoms with Gasteiger partial charge < -0.3 is 5.21 Å². The second-order valence-electron chi connectivity index (χ2n) is 13.0. The molecule has 0 unspecified atom stereocenters. The Hall–Kier alpha value is -0.740. The van der Waals surface area contributed by atoms with Crippen molar-refractivity contribution in [2.75, 3.05) is 6.54 Å². The number of unbranched alkanes of at least 4 members (excludes halogenated alkanes) is 24. The van der Waals surface area contributed by atoms with E-state index < -0.39 is 5.54 Å². The number of hydrogen-bond acceptors (Lipinski definition) is 4. The number of hydrogen-bond donors (Lipinski definition) is 1. The highest BCUT2D eigenvalue weighted by Crippen LogP contribution is 2.24. The van der Waals surface area contributed by atoms with E-state index >= 15 is 0 Å². The Morgan fingerprint density at radius 3 is 0.927 bits per heavy atom. The molecule has 0 aliphatic heterocycles. The monoisotopic (exact) mass is 580 g/mol. The summed E-state index contributed by atoms with van der Waals surface area (Å²) < 4.78 is 0. The molecule has 0 amide bonds. The maximum absolute atomic E-state index is 13.2. The molecule has 0 atom stereocenters. The highest BCUT2D eigenvalue weighted by atomic mass is 16.5. The van der Waals surface area contributed by atoms with Crippen LogP contribution in [0.25, 0.3) is 0 Å². The van der Waals surface area contributed by atoms with Crippen molar-refractivity contribution in [1.29, 1.82) is 0 Å². The first-order valence-corrected chi connectivity index (χ1v) is 18.5. The Morgan fingerprint density at radius 1 is 0.439 bits per heavy atom. The zero-order chi connectivity index (χ0) is 30.4. The van der Waals surface area contributed by atoms with Gasteiger partial charge in [-0.3, -0.25) is 9.59 Å². The zero-order valence-electron chi connectivity index (χ0n) is 28.4. The summed E-state index contributed by atoms with van der Waals surface area (Å²) in [6, 6.07) is 0. The topological polar surface area (TPSA) is 57.6 Å². The molecule has 0 saturated heterocycles. The number of hydroxylamine groups is 2. The predicted molar refractivity (Wildman–Crippen MR) is 178 cm³/mol. The number of ketones is 2. The third-order valence-corrected chi connectivity index (χ3v) is 9.05. The van der Waals surface area contributed by atoms with Gasteiger partial charge in [0, 0.05) is 19.4 Å². The van der Waals surface area contributed by atoms with Gasteiger partial charge in [0.25, 0.3) is 0 Å². The van der Waals surface area contributed by atoms with E-state index in [1.165, 1.54) is 128 Å². The molecule has 1 N–H and O–H groups in total. The van der Waals surface area contributed by atoms with Crippen molar-refractivity contribution >= 4 is 11.6 Å². The third kappa shape index (κ3) is 21.6.